The van der Waals surface area contributed by atoms with Gasteiger partial charge in [-0.3, -0.25) is 0 Å². The molecule has 198 valence electrons. The lowest BCUT2D eigenvalue weighted by Crippen LogP contribution is -2.23. The number of hydrogen-bond acceptors (Lipinski definition) is 9. The van der Waals surface area contributed by atoms with E-state index in [1.54, 1.807) is 18.2 Å². The zero-order valence-corrected chi connectivity index (χ0v) is 22.8. The molecule has 1 fully saturated rings. The molecule has 1 saturated heterocycles. The Morgan fingerprint density at radius 2 is 1.95 bits per heavy atom. The van der Waals surface area contributed by atoms with Gasteiger partial charge in [0.05, 0.1) is 24.2 Å². The van der Waals surface area contributed by atoms with E-state index in [9.17, 15) is 8.42 Å². The molecule has 3 aromatic rings. The molecule has 10 nitrogen and oxygen atoms in total. The van der Waals surface area contributed by atoms with Crippen molar-refractivity contribution in [2.45, 2.75) is 24.3 Å². The number of likely N-dealkylation sites (tertiary alicyclic amines) is 1. The molecule has 0 radical (unpaired) electrons. The fourth-order valence-electron chi connectivity index (χ4n) is 3.89. The predicted molar refractivity (Wildman–Crippen MR) is 145 cm³/mol. The van der Waals surface area contributed by atoms with Crippen molar-refractivity contribution in [1.82, 2.24) is 19.2 Å². The lowest BCUT2D eigenvalue weighted by atomic mass is 10.2. The number of ether oxygens (including phenoxy) is 2. The largest absolute Gasteiger partial charge is 0.492 e. The van der Waals surface area contributed by atoms with Crippen LogP contribution in [-0.4, -0.2) is 74.5 Å². The van der Waals surface area contributed by atoms with Crippen molar-refractivity contribution >= 4 is 44.8 Å². The van der Waals surface area contributed by atoms with E-state index in [-0.39, 0.29) is 27.8 Å². The van der Waals surface area contributed by atoms with Crippen LogP contribution in [0, 0.1) is 0 Å². The number of rotatable bonds is 10. The molecule has 2 N–H and O–H groups in total. The first-order valence-electron chi connectivity index (χ1n) is 11.9. The number of anilines is 4. The first-order chi connectivity index (χ1) is 17.7. The average Bonchev–Trinajstić information content (AvgIpc) is 3.27. The molecule has 12 heteroatoms. The lowest BCUT2D eigenvalue weighted by molar-refractivity contribution is 0.207. The molecule has 1 aromatic heterocycles. The average molecular weight is 547 g/mol. The second kappa shape index (κ2) is 11.5. The zero-order chi connectivity index (χ0) is 26.6. The maximum absolute atomic E-state index is 12.8. The van der Waals surface area contributed by atoms with E-state index in [2.05, 4.69) is 32.5 Å². The minimum absolute atomic E-state index is 0.104. The van der Waals surface area contributed by atoms with Gasteiger partial charge in [-0.2, -0.15) is 4.98 Å². The number of sulfonamides is 1. The van der Waals surface area contributed by atoms with Gasteiger partial charge in [0.2, 0.25) is 16.0 Å². The van der Waals surface area contributed by atoms with Gasteiger partial charge in [-0.1, -0.05) is 23.7 Å². The van der Waals surface area contributed by atoms with Gasteiger partial charge in [-0.15, -0.1) is 0 Å². The van der Waals surface area contributed by atoms with Gasteiger partial charge < -0.3 is 25.0 Å². The molecule has 37 heavy (non-hydrogen) atoms. The highest BCUT2D eigenvalue weighted by Gasteiger charge is 2.23. The number of likely N-dealkylation sites (N-methyl/N-ethyl adjacent to an activating group) is 1. The Labute approximate surface area is 222 Å². The minimum Gasteiger partial charge on any atom is -0.492 e. The van der Waals surface area contributed by atoms with Crippen molar-refractivity contribution in [2.24, 2.45) is 0 Å². The van der Waals surface area contributed by atoms with Crippen LogP contribution in [0.3, 0.4) is 0 Å². The second-order valence-corrected chi connectivity index (χ2v) is 11.3. The monoisotopic (exact) mass is 546 g/mol. The summed E-state index contributed by atoms with van der Waals surface area (Å²) in [5.41, 5.74) is 0.999. The first-order valence-corrected chi connectivity index (χ1v) is 13.7. The Hall–Kier alpha value is -3.12. The molecule has 1 atom stereocenters. The van der Waals surface area contributed by atoms with Gasteiger partial charge >= 0.3 is 0 Å². The molecular formula is C25H31ClN6O4S. The molecule has 0 saturated carbocycles. The summed E-state index contributed by atoms with van der Waals surface area (Å²) in [5, 5.41) is 6.44. The van der Waals surface area contributed by atoms with Gasteiger partial charge in [-0.25, -0.2) is 17.7 Å². The van der Waals surface area contributed by atoms with Crippen molar-refractivity contribution < 1.29 is 17.9 Å². The van der Waals surface area contributed by atoms with Gasteiger partial charge in [0.25, 0.3) is 0 Å². The standard InChI is InChI=1S/C25H31ClN6O4S/c1-5-35-22-14-17(36-18-12-13-32(4)16-18)10-11-20(22)29-25-27-15-19(26)24(30-25)28-21-8-6-7-9-23(21)37(33,34)31(2)3/h6-11,14-15,18H,5,12-13,16H2,1-4H3,(H2,27,28,29,30)/t18-/m1/s1. The number of benzene rings is 2. The summed E-state index contributed by atoms with van der Waals surface area (Å²) >= 11 is 6.35. The molecule has 4 rings (SSSR count). The number of para-hydroxylation sites is 1. The Morgan fingerprint density at radius 3 is 2.65 bits per heavy atom. The summed E-state index contributed by atoms with van der Waals surface area (Å²) in [6.07, 6.45) is 2.57. The van der Waals surface area contributed by atoms with Gasteiger partial charge in [0.1, 0.15) is 27.5 Å². The lowest BCUT2D eigenvalue weighted by Gasteiger charge is -2.18. The van der Waals surface area contributed by atoms with Crippen LogP contribution in [0.1, 0.15) is 13.3 Å². The quantitative estimate of drug-likeness (QED) is 0.383. The van der Waals surface area contributed by atoms with Crippen LogP contribution >= 0.6 is 11.6 Å². The first kappa shape index (κ1) is 26.9. The SMILES string of the molecule is CCOc1cc(O[C@@H]2CCN(C)C2)ccc1Nc1ncc(Cl)c(Nc2ccccc2S(=O)(=O)N(C)C)n1. The van der Waals surface area contributed by atoms with E-state index in [1.165, 1.54) is 26.4 Å². The van der Waals surface area contributed by atoms with E-state index in [0.717, 1.165) is 29.6 Å². The van der Waals surface area contributed by atoms with Gasteiger partial charge in [0.15, 0.2) is 5.82 Å². The van der Waals surface area contributed by atoms with Crippen LogP contribution in [0.2, 0.25) is 5.02 Å². The van der Waals surface area contributed by atoms with Crippen molar-refractivity contribution in [3.63, 3.8) is 0 Å². The summed E-state index contributed by atoms with van der Waals surface area (Å²) in [4.78, 5) is 11.1. The third-order valence-corrected chi connectivity index (χ3v) is 7.94. The van der Waals surface area contributed by atoms with E-state index in [4.69, 9.17) is 21.1 Å². The van der Waals surface area contributed by atoms with Crippen LogP contribution in [0.4, 0.5) is 23.1 Å². The van der Waals surface area contributed by atoms with Crippen molar-refractivity contribution in [3.8, 4) is 11.5 Å². The zero-order valence-electron chi connectivity index (χ0n) is 21.2. The predicted octanol–water partition coefficient (Wildman–Crippen LogP) is 4.35. The van der Waals surface area contributed by atoms with Crippen LogP contribution in [-0.2, 0) is 10.0 Å². The van der Waals surface area contributed by atoms with Crippen molar-refractivity contribution in [2.75, 3.05) is 51.5 Å². The van der Waals surface area contributed by atoms with Crippen LogP contribution in [0.5, 0.6) is 11.5 Å². The van der Waals surface area contributed by atoms with E-state index in [1.807, 2.05) is 25.1 Å². The Bertz CT molecular complexity index is 1350. The van der Waals surface area contributed by atoms with E-state index >= 15 is 0 Å². The Balaban J connectivity index is 1.57. The molecule has 2 aromatic carbocycles. The molecule has 0 spiro atoms. The fourth-order valence-corrected chi connectivity index (χ4v) is 5.07. The summed E-state index contributed by atoms with van der Waals surface area (Å²) < 4.78 is 38.7. The normalized spacial score (nSPS) is 16.1. The van der Waals surface area contributed by atoms with Gasteiger partial charge in [0, 0.05) is 33.3 Å². The number of aromatic nitrogens is 2. The van der Waals surface area contributed by atoms with Crippen LogP contribution in [0.15, 0.2) is 53.6 Å². The molecule has 2 heterocycles. The van der Waals surface area contributed by atoms with E-state index in [0.29, 0.717) is 23.7 Å². The summed E-state index contributed by atoms with van der Waals surface area (Å²) in [6, 6.07) is 12.1. The molecule has 0 bridgehead atoms. The van der Waals surface area contributed by atoms with Crippen molar-refractivity contribution in [1.29, 1.82) is 0 Å². The number of nitrogens with one attached hydrogen (secondary N) is 2. The molecular weight excluding hydrogens is 516 g/mol. The third-order valence-electron chi connectivity index (χ3n) is 5.79. The molecule has 1 aliphatic heterocycles. The number of hydrogen-bond donors (Lipinski definition) is 2. The highest BCUT2D eigenvalue weighted by Crippen LogP contribution is 2.34. The highest BCUT2D eigenvalue weighted by molar-refractivity contribution is 7.89. The van der Waals surface area contributed by atoms with Crippen LogP contribution < -0.4 is 20.1 Å². The minimum atomic E-state index is -3.69. The highest BCUT2D eigenvalue weighted by atomic mass is 35.5. The molecule has 0 unspecified atom stereocenters. The van der Waals surface area contributed by atoms with Crippen molar-refractivity contribution in [3.05, 3.63) is 53.7 Å². The maximum atomic E-state index is 12.8. The van der Waals surface area contributed by atoms with Gasteiger partial charge in [-0.05, 0) is 44.7 Å². The summed E-state index contributed by atoms with van der Waals surface area (Å²) in [7, 11) is 1.34. The number of nitrogens with zero attached hydrogens (tertiary/aromatic N) is 4. The molecule has 1 aliphatic rings. The Kier molecular flexibility index (Phi) is 8.38. The molecule has 0 aliphatic carbocycles. The maximum Gasteiger partial charge on any atom is 0.244 e. The third kappa shape index (κ3) is 6.42. The smallest absolute Gasteiger partial charge is 0.244 e. The number of halogens is 1. The second-order valence-electron chi connectivity index (χ2n) is 8.81. The summed E-state index contributed by atoms with van der Waals surface area (Å²) in [6.45, 7) is 4.27. The topological polar surface area (TPSA) is 109 Å². The van der Waals surface area contributed by atoms with E-state index < -0.39 is 10.0 Å². The fraction of sp³-hybridized carbons (Fsp3) is 0.360. The van der Waals surface area contributed by atoms with Crippen LogP contribution in [0.25, 0.3) is 0 Å². The Morgan fingerprint density at radius 1 is 1.16 bits per heavy atom. The molecule has 0 amide bonds. The summed E-state index contributed by atoms with van der Waals surface area (Å²) in [5.74, 6) is 1.84.